The molecule has 0 aliphatic rings. The van der Waals surface area contributed by atoms with Crippen molar-refractivity contribution in [2.24, 2.45) is 0 Å². The second-order valence-electron chi connectivity index (χ2n) is 9.65. The van der Waals surface area contributed by atoms with Crippen molar-refractivity contribution < 1.29 is 18.0 Å². The molecule has 0 radical (unpaired) electrons. The number of amides is 2. The molecule has 202 valence electrons. The summed E-state index contributed by atoms with van der Waals surface area (Å²) in [4.78, 5) is 28.3. The highest BCUT2D eigenvalue weighted by molar-refractivity contribution is 9.10. The van der Waals surface area contributed by atoms with E-state index in [2.05, 4.69) is 21.2 Å². The van der Waals surface area contributed by atoms with Gasteiger partial charge < -0.3 is 10.2 Å². The Balaban J connectivity index is 2.02. The standard InChI is InChI=1S/C29H34BrN3O4S/c1-20(2)31-29(35)23(5)32(18-24-10-6-21(3)7-11-24)28(34)19-33(26-14-12-25(30)13-15-26)38(36,37)27-16-8-22(4)9-17-27/h6-17,20,23H,18-19H2,1-5H3,(H,31,35)/t23-/m1/s1. The molecule has 9 heteroatoms. The Hall–Kier alpha value is -3.17. The van der Waals surface area contributed by atoms with E-state index in [1.54, 1.807) is 43.3 Å². The summed E-state index contributed by atoms with van der Waals surface area (Å²) in [6.07, 6.45) is 0. The van der Waals surface area contributed by atoms with E-state index in [1.165, 1.54) is 17.0 Å². The number of sulfonamides is 1. The lowest BCUT2D eigenvalue weighted by molar-refractivity contribution is -0.139. The van der Waals surface area contributed by atoms with Crippen molar-refractivity contribution in [2.75, 3.05) is 10.8 Å². The SMILES string of the molecule is Cc1ccc(CN(C(=O)CN(c2ccc(Br)cc2)S(=O)(=O)c2ccc(C)cc2)[C@H](C)C(=O)NC(C)C)cc1. The number of hydrogen-bond donors (Lipinski definition) is 1. The molecule has 2 amide bonds. The molecule has 0 bridgehead atoms. The van der Waals surface area contributed by atoms with E-state index in [4.69, 9.17) is 0 Å². The second-order valence-corrected chi connectivity index (χ2v) is 12.4. The van der Waals surface area contributed by atoms with Crippen molar-refractivity contribution in [3.05, 3.63) is 94.0 Å². The quantitative estimate of drug-likeness (QED) is 0.347. The van der Waals surface area contributed by atoms with Crippen molar-refractivity contribution in [1.82, 2.24) is 10.2 Å². The smallest absolute Gasteiger partial charge is 0.264 e. The fraction of sp³-hybridized carbons (Fsp3) is 0.310. The first-order valence-corrected chi connectivity index (χ1v) is 14.6. The van der Waals surface area contributed by atoms with Gasteiger partial charge in [0.2, 0.25) is 11.8 Å². The van der Waals surface area contributed by atoms with E-state index in [1.807, 2.05) is 52.0 Å². The maximum Gasteiger partial charge on any atom is 0.264 e. The van der Waals surface area contributed by atoms with Gasteiger partial charge in [-0.05, 0) is 76.6 Å². The van der Waals surface area contributed by atoms with Crippen molar-refractivity contribution in [3.8, 4) is 0 Å². The molecular weight excluding hydrogens is 566 g/mol. The number of anilines is 1. The Morgan fingerprint density at radius 3 is 1.89 bits per heavy atom. The number of rotatable bonds is 10. The Bertz CT molecular complexity index is 1360. The van der Waals surface area contributed by atoms with Crippen molar-refractivity contribution in [1.29, 1.82) is 0 Å². The summed E-state index contributed by atoms with van der Waals surface area (Å²) < 4.78 is 29.5. The van der Waals surface area contributed by atoms with E-state index >= 15 is 0 Å². The first-order valence-electron chi connectivity index (χ1n) is 12.4. The average Bonchev–Trinajstić information content (AvgIpc) is 2.87. The normalized spacial score (nSPS) is 12.2. The van der Waals surface area contributed by atoms with Gasteiger partial charge in [-0.25, -0.2) is 8.42 Å². The highest BCUT2D eigenvalue weighted by atomic mass is 79.9. The van der Waals surface area contributed by atoms with Gasteiger partial charge in [0.25, 0.3) is 10.0 Å². The zero-order valence-corrected chi connectivity index (χ0v) is 24.7. The monoisotopic (exact) mass is 599 g/mol. The molecule has 7 nitrogen and oxygen atoms in total. The molecule has 0 aromatic heterocycles. The van der Waals surface area contributed by atoms with Crippen LogP contribution in [0.25, 0.3) is 0 Å². The van der Waals surface area contributed by atoms with Crippen LogP contribution in [-0.4, -0.2) is 43.8 Å². The second kappa shape index (κ2) is 12.6. The third kappa shape index (κ3) is 7.45. The summed E-state index contributed by atoms with van der Waals surface area (Å²) in [5.41, 5.74) is 3.17. The molecule has 0 spiro atoms. The molecule has 0 aliphatic carbocycles. The predicted octanol–water partition coefficient (Wildman–Crippen LogP) is 5.20. The summed E-state index contributed by atoms with van der Waals surface area (Å²) in [7, 11) is -4.09. The minimum absolute atomic E-state index is 0.0782. The van der Waals surface area contributed by atoms with Gasteiger partial charge in [-0.2, -0.15) is 0 Å². The van der Waals surface area contributed by atoms with Gasteiger partial charge in [0, 0.05) is 17.1 Å². The Morgan fingerprint density at radius 1 is 0.842 bits per heavy atom. The van der Waals surface area contributed by atoms with Crippen LogP contribution in [0.3, 0.4) is 0 Å². The molecule has 0 saturated heterocycles. The van der Waals surface area contributed by atoms with Gasteiger partial charge in [0.15, 0.2) is 0 Å². The van der Waals surface area contributed by atoms with Crippen molar-refractivity contribution >= 4 is 43.5 Å². The molecule has 0 heterocycles. The molecule has 1 N–H and O–H groups in total. The van der Waals surface area contributed by atoms with Gasteiger partial charge in [0.1, 0.15) is 12.6 Å². The van der Waals surface area contributed by atoms with E-state index in [9.17, 15) is 18.0 Å². The first kappa shape index (κ1) is 29.4. The fourth-order valence-electron chi connectivity index (χ4n) is 3.85. The number of halogens is 1. The van der Waals surface area contributed by atoms with Gasteiger partial charge in [0.05, 0.1) is 10.6 Å². The highest BCUT2D eigenvalue weighted by Gasteiger charge is 2.32. The fourth-order valence-corrected chi connectivity index (χ4v) is 5.53. The summed E-state index contributed by atoms with van der Waals surface area (Å²) in [5.74, 6) is -0.798. The van der Waals surface area contributed by atoms with Crippen LogP contribution in [0.1, 0.15) is 37.5 Å². The van der Waals surface area contributed by atoms with Crippen LogP contribution in [-0.2, 0) is 26.2 Å². The molecular formula is C29H34BrN3O4S. The number of carbonyl (C=O) groups excluding carboxylic acids is 2. The lowest BCUT2D eigenvalue weighted by Crippen LogP contribution is -2.52. The molecule has 0 unspecified atom stereocenters. The predicted molar refractivity (Wildman–Crippen MR) is 154 cm³/mol. The van der Waals surface area contributed by atoms with E-state index in [0.717, 1.165) is 25.5 Å². The molecule has 3 rings (SSSR count). The summed E-state index contributed by atoms with van der Waals surface area (Å²) in [6, 6.07) is 20.0. The number of nitrogens with zero attached hydrogens (tertiary/aromatic N) is 2. The molecule has 3 aromatic carbocycles. The zero-order valence-electron chi connectivity index (χ0n) is 22.3. The van der Waals surface area contributed by atoms with Crippen LogP contribution in [0.5, 0.6) is 0 Å². The molecule has 0 saturated carbocycles. The lowest BCUT2D eigenvalue weighted by atomic mass is 10.1. The van der Waals surface area contributed by atoms with Crippen LogP contribution < -0.4 is 9.62 Å². The highest BCUT2D eigenvalue weighted by Crippen LogP contribution is 2.26. The van der Waals surface area contributed by atoms with Crippen molar-refractivity contribution in [3.63, 3.8) is 0 Å². The van der Waals surface area contributed by atoms with Gasteiger partial charge in [-0.3, -0.25) is 13.9 Å². The summed E-state index contributed by atoms with van der Waals surface area (Å²) in [6.45, 7) is 8.88. The topological polar surface area (TPSA) is 86.8 Å². The Kier molecular flexibility index (Phi) is 9.73. The van der Waals surface area contributed by atoms with Gasteiger partial charge in [-0.1, -0.05) is 63.5 Å². The van der Waals surface area contributed by atoms with Crippen LogP contribution >= 0.6 is 15.9 Å². The maximum absolute atomic E-state index is 13.9. The number of nitrogens with one attached hydrogen (secondary N) is 1. The molecule has 0 aliphatic heterocycles. The number of benzene rings is 3. The van der Waals surface area contributed by atoms with Crippen LogP contribution in [0, 0.1) is 13.8 Å². The Labute approximate surface area is 234 Å². The number of carbonyl (C=O) groups is 2. The largest absolute Gasteiger partial charge is 0.352 e. The Morgan fingerprint density at radius 2 is 1.37 bits per heavy atom. The van der Waals surface area contributed by atoms with Crippen LogP contribution in [0.4, 0.5) is 5.69 Å². The maximum atomic E-state index is 13.9. The lowest BCUT2D eigenvalue weighted by Gasteiger charge is -2.32. The third-order valence-electron chi connectivity index (χ3n) is 6.07. The van der Waals surface area contributed by atoms with E-state index < -0.39 is 28.5 Å². The van der Waals surface area contributed by atoms with Gasteiger partial charge in [-0.15, -0.1) is 0 Å². The van der Waals surface area contributed by atoms with E-state index in [-0.39, 0.29) is 23.4 Å². The average molecular weight is 601 g/mol. The third-order valence-corrected chi connectivity index (χ3v) is 8.39. The number of hydrogen-bond acceptors (Lipinski definition) is 4. The van der Waals surface area contributed by atoms with Crippen LogP contribution in [0.15, 0.2) is 82.2 Å². The molecule has 0 fully saturated rings. The van der Waals surface area contributed by atoms with Crippen molar-refractivity contribution in [2.45, 2.75) is 58.1 Å². The first-order chi connectivity index (χ1) is 17.9. The molecule has 3 aromatic rings. The minimum Gasteiger partial charge on any atom is -0.352 e. The molecule has 38 heavy (non-hydrogen) atoms. The summed E-state index contributed by atoms with van der Waals surface area (Å²) in [5, 5.41) is 2.86. The van der Waals surface area contributed by atoms with Crippen LogP contribution in [0.2, 0.25) is 0 Å². The zero-order chi connectivity index (χ0) is 28.0. The van der Waals surface area contributed by atoms with E-state index in [0.29, 0.717) is 5.69 Å². The number of aryl methyl sites for hydroxylation is 2. The summed E-state index contributed by atoms with van der Waals surface area (Å²) >= 11 is 3.38. The molecule has 1 atom stereocenters. The minimum atomic E-state index is -4.09. The van der Waals surface area contributed by atoms with Gasteiger partial charge >= 0.3 is 0 Å².